The van der Waals surface area contributed by atoms with Gasteiger partial charge in [-0.15, -0.1) is 0 Å². The molecule has 4 amide bonds. The van der Waals surface area contributed by atoms with Crippen molar-refractivity contribution in [3.8, 4) is 22.3 Å². The van der Waals surface area contributed by atoms with Crippen LogP contribution >= 0.6 is 0 Å². The number of alkyl carbamates (subject to hydrolysis) is 1. The molecule has 5 heterocycles. The van der Waals surface area contributed by atoms with Crippen LogP contribution < -0.4 is 26.8 Å². The van der Waals surface area contributed by atoms with E-state index in [4.69, 9.17) is 29.9 Å². The summed E-state index contributed by atoms with van der Waals surface area (Å²) < 4.78 is 20.5. The fourth-order valence-corrected chi connectivity index (χ4v) is 12.1. The standard InChI is InChI=1S/C62H70N10O8/c1-37-33-72(60(77)80-61(3,4)5)38(2)32-71(37)41-25-28-70(29-26-41)58-66-51-23-20-39(49-34-69(6)57(75)54-47(49)24-27-64-54)30-48(51)55(68-58)62(79-42-21-22-42,40-14-8-7-9-15-40)36-65-56(74)52(31-53(63)73)67-59(76)78-35-50-45-18-12-10-16-43(45)44-17-11-13-19-46(44)50/h7-20,23-24,27,30,34,37-38,41-42,50,52,64H,21-22,25-26,28-29,31-33,35-36H2,1-6H3,(H2,63,73)(H,65,74)(H,67,76)/t37-,38+,52-,62-/m0/s1. The molecule has 18 heteroatoms. The number of piperazine rings is 1. The van der Waals surface area contributed by atoms with Gasteiger partial charge in [-0.25, -0.2) is 19.6 Å². The van der Waals surface area contributed by atoms with Crippen LogP contribution in [0.1, 0.15) is 95.0 Å². The number of pyridine rings is 1. The Morgan fingerprint density at radius 2 is 1.50 bits per heavy atom. The third kappa shape index (κ3) is 10.9. The van der Waals surface area contributed by atoms with Gasteiger partial charge in [0.15, 0.2) is 5.60 Å². The smallest absolute Gasteiger partial charge is 0.410 e. The van der Waals surface area contributed by atoms with Gasteiger partial charge in [0.25, 0.3) is 5.56 Å². The van der Waals surface area contributed by atoms with Crippen LogP contribution in [0.5, 0.6) is 0 Å². The predicted molar refractivity (Wildman–Crippen MR) is 306 cm³/mol. The molecule has 3 fully saturated rings. The van der Waals surface area contributed by atoms with Crippen molar-refractivity contribution >= 4 is 51.8 Å². The highest BCUT2D eigenvalue weighted by Crippen LogP contribution is 2.46. The molecule has 0 bridgehead atoms. The normalized spacial score (nSPS) is 19.0. The van der Waals surface area contributed by atoms with Gasteiger partial charge in [0.2, 0.25) is 17.8 Å². The molecule has 7 aromatic rings. The minimum atomic E-state index is -1.46. The molecule has 80 heavy (non-hydrogen) atoms. The van der Waals surface area contributed by atoms with Crippen molar-refractivity contribution in [2.75, 3.05) is 44.2 Å². The number of hydrogen-bond acceptors (Lipinski definition) is 12. The third-order valence-electron chi connectivity index (χ3n) is 16.2. The van der Waals surface area contributed by atoms with Gasteiger partial charge in [0.1, 0.15) is 23.8 Å². The molecule has 0 radical (unpaired) electrons. The first-order valence-corrected chi connectivity index (χ1v) is 27.8. The summed E-state index contributed by atoms with van der Waals surface area (Å²) in [6, 6.07) is 32.5. The highest BCUT2D eigenvalue weighted by molar-refractivity contribution is 5.98. The van der Waals surface area contributed by atoms with Gasteiger partial charge < -0.3 is 49.9 Å². The molecule has 2 saturated heterocycles. The Balaban J connectivity index is 0.925. The fraction of sp³-hybridized carbons (Fsp3) is 0.403. The number of fused-ring (bicyclic) bond motifs is 5. The van der Waals surface area contributed by atoms with Crippen LogP contribution in [0.25, 0.3) is 44.1 Å². The maximum atomic E-state index is 14.8. The van der Waals surface area contributed by atoms with E-state index in [2.05, 4.69) is 39.3 Å². The van der Waals surface area contributed by atoms with Crippen LogP contribution in [-0.4, -0.2) is 129 Å². The average molecular weight is 1080 g/mol. The molecule has 3 aromatic heterocycles. The van der Waals surface area contributed by atoms with E-state index < -0.39 is 41.6 Å². The van der Waals surface area contributed by atoms with Crippen molar-refractivity contribution < 1.29 is 33.4 Å². The van der Waals surface area contributed by atoms with E-state index in [1.165, 1.54) is 0 Å². The number of H-pyrrole nitrogens is 1. The van der Waals surface area contributed by atoms with Crippen molar-refractivity contribution in [1.82, 2.24) is 40.0 Å². The number of aryl methyl sites for hydroxylation is 1. The number of anilines is 1. The SMILES string of the molecule is C[C@@H]1CN(C2CCN(c3nc([C@@](CNC(=O)[C@H](CC(N)=O)NC(=O)OCC4c5ccccc5-c5ccccc54)(OC4CC4)c4ccccc4)c4cc(-c5cn(C)c(=O)c6[nH]ccc56)ccc4n3)CC2)[C@@H](C)CN1C(=O)OC(C)(C)C. The summed E-state index contributed by atoms with van der Waals surface area (Å²) in [5.41, 5.74) is 11.7. The number of carbonyl (C=O) groups excluding carboxylic acids is 4. The summed E-state index contributed by atoms with van der Waals surface area (Å²) >= 11 is 0. The Labute approximate surface area is 465 Å². The Hall–Kier alpha value is -8.09. The zero-order valence-electron chi connectivity index (χ0n) is 46.2. The van der Waals surface area contributed by atoms with E-state index in [1.807, 2.05) is 135 Å². The second-order valence-corrected chi connectivity index (χ2v) is 23.0. The van der Waals surface area contributed by atoms with Crippen molar-refractivity contribution in [2.24, 2.45) is 12.8 Å². The molecule has 11 rings (SSSR count). The molecule has 0 unspecified atom stereocenters. The summed E-state index contributed by atoms with van der Waals surface area (Å²) in [4.78, 5) is 88.3. The highest BCUT2D eigenvalue weighted by atomic mass is 16.6. The zero-order chi connectivity index (χ0) is 56.0. The largest absolute Gasteiger partial charge is 0.449 e. The van der Waals surface area contributed by atoms with Gasteiger partial charge in [-0.05, 0) is 112 Å². The van der Waals surface area contributed by atoms with E-state index in [0.29, 0.717) is 53.3 Å². The lowest BCUT2D eigenvalue weighted by atomic mass is 9.86. The minimum Gasteiger partial charge on any atom is -0.449 e. The van der Waals surface area contributed by atoms with Crippen LogP contribution in [0.2, 0.25) is 0 Å². The number of carbonyl (C=O) groups is 4. The van der Waals surface area contributed by atoms with Crippen LogP contribution in [0.15, 0.2) is 120 Å². The summed E-state index contributed by atoms with van der Waals surface area (Å²) in [6.07, 6.45) is 4.94. The van der Waals surface area contributed by atoms with Crippen LogP contribution in [0.3, 0.4) is 0 Å². The molecule has 2 aliphatic heterocycles. The number of amides is 4. The number of nitrogens with one attached hydrogen (secondary N) is 3. The number of nitrogens with two attached hydrogens (primary N) is 1. The first-order valence-electron chi connectivity index (χ1n) is 27.8. The number of benzene rings is 4. The highest BCUT2D eigenvalue weighted by Gasteiger charge is 2.46. The molecule has 18 nitrogen and oxygen atoms in total. The lowest BCUT2D eigenvalue weighted by Gasteiger charge is -2.49. The lowest BCUT2D eigenvalue weighted by molar-refractivity contribution is -0.128. The van der Waals surface area contributed by atoms with E-state index in [9.17, 15) is 24.0 Å². The lowest BCUT2D eigenvalue weighted by Crippen LogP contribution is -2.62. The summed E-state index contributed by atoms with van der Waals surface area (Å²) in [5.74, 6) is -1.20. The second kappa shape index (κ2) is 21.9. The van der Waals surface area contributed by atoms with Crippen molar-refractivity contribution in [1.29, 1.82) is 0 Å². The minimum absolute atomic E-state index is 0.0000320. The molecule has 2 aliphatic carbocycles. The van der Waals surface area contributed by atoms with Crippen molar-refractivity contribution in [3.05, 3.63) is 148 Å². The van der Waals surface area contributed by atoms with E-state index >= 15 is 0 Å². The first-order chi connectivity index (χ1) is 38.4. The van der Waals surface area contributed by atoms with Crippen LogP contribution in [-0.2, 0) is 36.4 Å². The molecule has 0 spiro atoms. The van der Waals surface area contributed by atoms with Gasteiger partial charge >= 0.3 is 12.2 Å². The number of nitrogens with zero attached hydrogens (tertiary/aromatic N) is 6. The summed E-state index contributed by atoms with van der Waals surface area (Å²) in [7, 11) is 1.73. The Morgan fingerprint density at radius 1 is 0.812 bits per heavy atom. The van der Waals surface area contributed by atoms with Gasteiger partial charge in [-0.2, -0.15) is 0 Å². The Kier molecular flexibility index (Phi) is 14.7. The topological polar surface area (TPSA) is 219 Å². The van der Waals surface area contributed by atoms with E-state index in [1.54, 1.807) is 17.8 Å². The maximum Gasteiger partial charge on any atom is 0.410 e. The number of aromatic amines is 1. The van der Waals surface area contributed by atoms with Crippen LogP contribution in [0, 0.1) is 0 Å². The quantitative estimate of drug-likeness (QED) is 0.0766. The molecule has 1 saturated carbocycles. The monoisotopic (exact) mass is 1080 g/mol. The van der Waals surface area contributed by atoms with Crippen molar-refractivity contribution in [3.63, 3.8) is 0 Å². The van der Waals surface area contributed by atoms with Gasteiger partial charge in [0, 0.05) is 86.0 Å². The molecule has 416 valence electrons. The number of rotatable bonds is 15. The van der Waals surface area contributed by atoms with E-state index in [0.717, 1.165) is 71.0 Å². The number of piperidine rings is 1. The second-order valence-electron chi connectivity index (χ2n) is 23.0. The van der Waals surface area contributed by atoms with Gasteiger partial charge in [0.05, 0.1) is 30.3 Å². The molecular weight excluding hydrogens is 1010 g/mol. The number of primary amides is 1. The number of aromatic nitrogens is 4. The number of hydrogen-bond donors (Lipinski definition) is 4. The Morgan fingerprint density at radius 3 is 2.17 bits per heavy atom. The summed E-state index contributed by atoms with van der Waals surface area (Å²) in [6.45, 7) is 12.3. The molecule has 4 aliphatic rings. The Bertz CT molecular complexity index is 3500. The molecule has 5 N–H and O–H groups in total. The van der Waals surface area contributed by atoms with Crippen molar-refractivity contribution in [2.45, 2.75) is 114 Å². The third-order valence-corrected chi connectivity index (χ3v) is 16.2. The first kappa shape index (κ1) is 53.9. The van der Waals surface area contributed by atoms with Gasteiger partial charge in [-0.3, -0.25) is 19.3 Å². The zero-order valence-corrected chi connectivity index (χ0v) is 46.2. The number of ether oxygens (including phenoxy) is 3. The molecule has 4 atom stereocenters. The summed E-state index contributed by atoms with van der Waals surface area (Å²) in [5, 5.41) is 7.19. The molecule has 4 aromatic carbocycles. The average Bonchev–Trinajstić information content (AvgIpc) is 4.04. The molecular formula is C62H70N10O8. The fourth-order valence-electron chi connectivity index (χ4n) is 12.1. The predicted octanol–water partition coefficient (Wildman–Crippen LogP) is 8.10. The van der Waals surface area contributed by atoms with E-state index in [-0.39, 0.29) is 55.0 Å². The van der Waals surface area contributed by atoms with Gasteiger partial charge in [-0.1, -0.05) is 84.9 Å². The maximum absolute atomic E-state index is 14.8. The van der Waals surface area contributed by atoms with Crippen LogP contribution in [0.4, 0.5) is 15.5 Å².